The monoisotopic (exact) mass is 318 g/mol. The molecule has 0 amide bonds. The molecule has 21 heavy (non-hydrogen) atoms. The van der Waals surface area contributed by atoms with Gasteiger partial charge in [0.15, 0.2) is 11.6 Å². The molecule has 0 atom stereocenters. The Morgan fingerprint density at radius 3 is 2.43 bits per heavy atom. The summed E-state index contributed by atoms with van der Waals surface area (Å²) in [7, 11) is -4.12. The molecular weight excluding hydrogens is 298 g/mol. The maximum atomic E-state index is 13.9. The number of hydrogen-bond acceptors (Lipinski definition) is 3. The fourth-order valence-corrected chi connectivity index (χ4v) is 4.35. The Labute approximate surface area is 123 Å². The van der Waals surface area contributed by atoms with Crippen LogP contribution in [0.3, 0.4) is 0 Å². The van der Waals surface area contributed by atoms with Crippen molar-refractivity contribution in [1.29, 1.82) is 0 Å². The largest absolute Gasteiger partial charge is 0.326 e. The first-order valence-corrected chi connectivity index (χ1v) is 8.48. The first-order chi connectivity index (χ1) is 9.77. The Bertz CT molecular complexity index is 626. The summed E-state index contributed by atoms with van der Waals surface area (Å²) >= 11 is 0. The summed E-state index contributed by atoms with van der Waals surface area (Å²) in [6.07, 6.45) is 4.26. The molecule has 1 fully saturated rings. The average Bonchev–Trinajstić information content (AvgIpc) is 2.41. The van der Waals surface area contributed by atoms with Crippen molar-refractivity contribution < 1.29 is 17.2 Å². The molecule has 0 aromatic heterocycles. The van der Waals surface area contributed by atoms with Crippen molar-refractivity contribution in [3.8, 4) is 0 Å². The molecule has 1 aliphatic carbocycles. The highest BCUT2D eigenvalue weighted by Crippen LogP contribution is 2.30. The van der Waals surface area contributed by atoms with E-state index in [4.69, 9.17) is 5.73 Å². The van der Waals surface area contributed by atoms with E-state index in [1.807, 2.05) is 0 Å². The number of nitrogens with two attached hydrogens (primary N) is 1. The minimum atomic E-state index is -4.12. The Hall–Kier alpha value is -1.05. The minimum Gasteiger partial charge on any atom is -0.326 e. The molecule has 1 aromatic rings. The second-order valence-electron chi connectivity index (χ2n) is 5.82. The molecule has 0 aliphatic heterocycles. The summed E-state index contributed by atoms with van der Waals surface area (Å²) < 4.78 is 54.7. The lowest BCUT2D eigenvalue weighted by atomic mass is 9.84. The lowest BCUT2D eigenvalue weighted by Gasteiger charge is -2.34. The van der Waals surface area contributed by atoms with Crippen LogP contribution in [0.4, 0.5) is 8.78 Å². The second-order valence-corrected chi connectivity index (χ2v) is 7.47. The van der Waals surface area contributed by atoms with Crippen LogP contribution >= 0.6 is 0 Å². The normalized spacial score (nSPS) is 18.7. The van der Waals surface area contributed by atoms with Gasteiger partial charge in [0.25, 0.3) is 0 Å². The predicted octanol–water partition coefficient (Wildman–Crippen LogP) is 2.42. The van der Waals surface area contributed by atoms with E-state index < -0.39 is 32.1 Å². The van der Waals surface area contributed by atoms with Crippen LogP contribution in [0.5, 0.6) is 0 Å². The van der Waals surface area contributed by atoms with Gasteiger partial charge in [-0.25, -0.2) is 21.9 Å². The van der Waals surface area contributed by atoms with Crippen molar-refractivity contribution in [3.63, 3.8) is 0 Å². The maximum absolute atomic E-state index is 13.9. The zero-order valence-electron chi connectivity index (χ0n) is 12.0. The molecule has 4 nitrogen and oxygen atoms in total. The van der Waals surface area contributed by atoms with Crippen LogP contribution < -0.4 is 10.5 Å². The van der Waals surface area contributed by atoms with Gasteiger partial charge in [-0.05, 0) is 37.5 Å². The molecule has 0 unspecified atom stereocenters. The summed E-state index contributed by atoms with van der Waals surface area (Å²) in [5, 5.41) is 0. The number of benzene rings is 1. The topological polar surface area (TPSA) is 72.2 Å². The standard InChI is InChI=1S/C14H20F2N2O2S/c1-14(5-3-2-4-6-14)18-21(19,20)12-8-10(9-17)7-11(15)13(12)16/h7-8,18H,2-6,9,17H2,1H3. The van der Waals surface area contributed by atoms with Crippen LogP contribution in [0.1, 0.15) is 44.6 Å². The molecule has 1 aromatic carbocycles. The van der Waals surface area contributed by atoms with Crippen molar-refractivity contribution in [1.82, 2.24) is 4.72 Å². The molecule has 0 saturated heterocycles. The molecule has 1 aliphatic rings. The molecule has 7 heteroatoms. The van der Waals surface area contributed by atoms with Gasteiger partial charge in [0.2, 0.25) is 10.0 Å². The average molecular weight is 318 g/mol. The number of sulfonamides is 1. The number of nitrogens with one attached hydrogen (secondary N) is 1. The first-order valence-electron chi connectivity index (χ1n) is 6.99. The fraction of sp³-hybridized carbons (Fsp3) is 0.571. The molecular formula is C14H20F2N2O2S. The Morgan fingerprint density at radius 2 is 1.86 bits per heavy atom. The SMILES string of the molecule is CC1(NS(=O)(=O)c2cc(CN)cc(F)c2F)CCCCC1. The molecule has 0 spiro atoms. The molecule has 0 heterocycles. The van der Waals surface area contributed by atoms with Crippen LogP contribution in [-0.4, -0.2) is 14.0 Å². The van der Waals surface area contributed by atoms with E-state index in [1.165, 1.54) is 0 Å². The van der Waals surface area contributed by atoms with Gasteiger partial charge >= 0.3 is 0 Å². The summed E-state index contributed by atoms with van der Waals surface area (Å²) in [4.78, 5) is -0.672. The lowest BCUT2D eigenvalue weighted by Crippen LogP contribution is -2.47. The van der Waals surface area contributed by atoms with Crippen molar-refractivity contribution in [2.75, 3.05) is 0 Å². The van der Waals surface area contributed by atoms with Crippen LogP contribution in [0.25, 0.3) is 0 Å². The van der Waals surface area contributed by atoms with Crippen molar-refractivity contribution in [3.05, 3.63) is 29.3 Å². The van der Waals surface area contributed by atoms with Gasteiger partial charge in [-0.1, -0.05) is 19.3 Å². The summed E-state index contributed by atoms with van der Waals surface area (Å²) in [5.41, 5.74) is 5.01. The van der Waals surface area contributed by atoms with Crippen LogP contribution in [0.2, 0.25) is 0 Å². The first kappa shape index (κ1) is 16.3. The fourth-order valence-electron chi connectivity index (χ4n) is 2.74. The Kier molecular flexibility index (Phi) is 4.65. The van der Waals surface area contributed by atoms with Crippen molar-refractivity contribution in [2.24, 2.45) is 5.73 Å². The van der Waals surface area contributed by atoms with Gasteiger partial charge in [-0.2, -0.15) is 0 Å². The van der Waals surface area contributed by atoms with Crippen molar-refractivity contribution in [2.45, 2.75) is 56.0 Å². The van der Waals surface area contributed by atoms with Gasteiger partial charge in [-0.15, -0.1) is 0 Å². The van der Waals surface area contributed by atoms with E-state index >= 15 is 0 Å². The molecule has 1 saturated carbocycles. The van der Waals surface area contributed by atoms with Gasteiger partial charge in [0.1, 0.15) is 4.90 Å². The third-order valence-electron chi connectivity index (χ3n) is 3.92. The molecule has 2 rings (SSSR count). The highest BCUT2D eigenvalue weighted by molar-refractivity contribution is 7.89. The smallest absolute Gasteiger partial charge is 0.244 e. The van der Waals surface area contributed by atoms with E-state index in [2.05, 4.69) is 4.72 Å². The number of halogens is 2. The van der Waals surface area contributed by atoms with Gasteiger partial charge in [0.05, 0.1) is 0 Å². The number of hydrogen-bond donors (Lipinski definition) is 2. The van der Waals surface area contributed by atoms with E-state index in [9.17, 15) is 17.2 Å². The van der Waals surface area contributed by atoms with E-state index in [0.29, 0.717) is 12.8 Å². The Morgan fingerprint density at radius 1 is 1.24 bits per heavy atom. The summed E-state index contributed by atoms with van der Waals surface area (Å²) in [6.45, 7) is 1.74. The lowest BCUT2D eigenvalue weighted by molar-refractivity contribution is 0.293. The molecule has 118 valence electrons. The van der Waals surface area contributed by atoms with Crippen LogP contribution in [-0.2, 0) is 16.6 Å². The minimum absolute atomic E-state index is 0.0585. The van der Waals surface area contributed by atoms with E-state index in [0.717, 1.165) is 31.4 Å². The van der Waals surface area contributed by atoms with Crippen LogP contribution in [0, 0.1) is 11.6 Å². The van der Waals surface area contributed by atoms with Crippen molar-refractivity contribution >= 4 is 10.0 Å². The predicted molar refractivity (Wildman–Crippen MR) is 76.1 cm³/mol. The van der Waals surface area contributed by atoms with Gasteiger partial charge < -0.3 is 5.73 Å². The Balaban J connectivity index is 2.37. The maximum Gasteiger partial charge on any atom is 0.244 e. The zero-order chi connectivity index (χ0) is 15.7. The third-order valence-corrected chi connectivity index (χ3v) is 5.56. The van der Waals surface area contributed by atoms with E-state index in [-0.39, 0.29) is 12.1 Å². The van der Waals surface area contributed by atoms with E-state index in [1.54, 1.807) is 6.92 Å². The van der Waals surface area contributed by atoms with Gasteiger partial charge in [0, 0.05) is 12.1 Å². The molecule has 0 radical (unpaired) electrons. The van der Waals surface area contributed by atoms with Crippen LogP contribution in [0.15, 0.2) is 17.0 Å². The molecule has 3 N–H and O–H groups in total. The zero-order valence-corrected chi connectivity index (χ0v) is 12.8. The summed E-state index contributed by atoms with van der Waals surface area (Å²) in [6, 6.07) is 2.00. The third kappa shape index (κ3) is 3.59. The second kappa shape index (κ2) is 5.98. The van der Waals surface area contributed by atoms with Gasteiger partial charge in [-0.3, -0.25) is 0 Å². The summed E-state index contributed by atoms with van der Waals surface area (Å²) in [5.74, 6) is -2.56. The molecule has 0 bridgehead atoms. The highest BCUT2D eigenvalue weighted by Gasteiger charge is 2.34. The highest BCUT2D eigenvalue weighted by atomic mass is 32.2. The quantitative estimate of drug-likeness (QED) is 0.895. The number of rotatable bonds is 4.